The van der Waals surface area contributed by atoms with Crippen molar-refractivity contribution in [3.05, 3.63) is 35.6 Å². The molecule has 0 aliphatic rings. The Morgan fingerprint density at radius 1 is 1.42 bits per heavy atom. The maximum absolute atomic E-state index is 10.8. The molecule has 0 amide bonds. The number of fused-ring (bicyclic) bond motifs is 1. The Bertz CT molecular complexity index is 590. The van der Waals surface area contributed by atoms with Gasteiger partial charge in [-0.2, -0.15) is 0 Å². The smallest absolute Gasteiger partial charge is 0.371 e. The van der Waals surface area contributed by atoms with Crippen LogP contribution in [-0.4, -0.2) is 40.8 Å². The molecule has 102 valence electrons. The highest BCUT2D eigenvalue weighted by molar-refractivity contribution is 5.91. The molecule has 1 heterocycles. The quantitative estimate of drug-likeness (QED) is 0.862. The molecular weight excluding hydrogens is 246 g/mol. The van der Waals surface area contributed by atoms with Crippen LogP contribution in [0.15, 0.2) is 28.7 Å². The van der Waals surface area contributed by atoms with Gasteiger partial charge in [-0.25, -0.2) is 4.79 Å². The van der Waals surface area contributed by atoms with E-state index in [9.17, 15) is 4.79 Å². The van der Waals surface area contributed by atoms with Gasteiger partial charge in [-0.15, -0.1) is 0 Å². The van der Waals surface area contributed by atoms with Crippen molar-refractivity contribution < 1.29 is 19.4 Å². The number of rotatable bonds is 5. The van der Waals surface area contributed by atoms with Gasteiger partial charge in [0.15, 0.2) is 0 Å². The van der Waals surface area contributed by atoms with E-state index < -0.39 is 5.97 Å². The average Bonchev–Trinajstić information content (AvgIpc) is 2.81. The number of hydrogen-bond donors (Lipinski definition) is 2. The van der Waals surface area contributed by atoms with E-state index >= 15 is 0 Å². The number of carboxylic acid groups (broad SMARTS) is 1. The van der Waals surface area contributed by atoms with Crippen molar-refractivity contribution in [3.63, 3.8) is 0 Å². The molecule has 19 heavy (non-hydrogen) atoms. The van der Waals surface area contributed by atoms with Crippen LogP contribution >= 0.6 is 0 Å². The van der Waals surface area contributed by atoms with Gasteiger partial charge >= 0.3 is 5.97 Å². The predicted octanol–water partition coefficient (Wildman–Crippen LogP) is 1.94. The van der Waals surface area contributed by atoms with Crippen molar-refractivity contribution >= 4 is 16.9 Å². The molecule has 0 radical (unpaired) electrons. The molecule has 2 aromatic rings. The zero-order chi connectivity index (χ0) is 14.0. The number of likely N-dealkylation sites (N-methyl/N-ethyl adjacent to an activating group) is 1. The SMILES string of the molecule is CC(CO)N(C)Cc1ccc2oc(C(=O)O)cc2c1. The fourth-order valence-electron chi connectivity index (χ4n) is 1.88. The summed E-state index contributed by atoms with van der Waals surface area (Å²) in [7, 11) is 1.93. The summed E-state index contributed by atoms with van der Waals surface area (Å²) in [6.45, 7) is 2.73. The maximum atomic E-state index is 10.8. The Hall–Kier alpha value is -1.85. The Morgan fingerprint density at radius 2 is 2.16 bits per heavy atom. The molecule has 1 unspecified atom stereocenters. The van der Waals surface area contributed by atoms with Crippen LogP contribution in [0.1, 0.15) is 23.0 Å². The molecule has 0 saturated heterocycles. The van der Waals surface area contributed by atoms with Gasteiger partial charge in [0, 0.05) is 18.0 Å². The molecule has 0 spiro atoms. The minimum atomic E-state index is -1.07. The summed E-state index contributed by atoms with van der Waals surface area (Å²) >= 11 is 0. The fraction of sp³-hybridized carbons (Fsp3) is 0.357. The molecular formula is C14H17NO4. The lowest BCUT2D eigenvalue weighted by molar-refractivity contribution is 0.0665. The molecule has 1 aromatic carbocycles. The van der Waals surface area contributed by atoms with Crippen LogP contribution in [0.5, 0.6) is 0 Å². The molecule has 2 N–H and O–H groups in total. The highest BCUT2D eigenvalue weighted by Crippen LogP contribution is 2.21. The molecule has 5 nitrogen and oxygen atoms in total. The van der Waals surface area contributed by atoms with Crippen molar-refractivity contribution in [2.75, 3.05) is 13.7 Å². The number of aromatic carboxylic acids is 1. The van der Waals surface area contributed by atoms with Gasteiger partial charge in [0.2, 0.25) is 5.76 Å². The highest BCUT2D eigenvalue weighted by Gasteiger charge is 2.12. The van der Waals surface area contributed by atoms with Crippen LogP contribution in [0, 0.1) is 0 Å². The van der Waals surface area contributed by atoms with Crippen LogP contribution < -0.4 is 0 Å². The van der Waals surface area contributed by atoms with E-state index in [-0.39, 0.29) is 18.4 Å². The zero-order valence-electron chi connectivity index (χ0n) is 11.0. The number of carbonyl (C=O) groups is 1. The minimum absolute atomic E-state index is 0.0516. The first-order chi connectivity index (χ1) is 9.01. The van der Waals surface area contributed by atoms with Crippen molar-refractivity contribution in [3.8, 4) is 0 Å². The van der Waals surface area contributed by atoms with Gasteiger partial charge in [0.25, 0.3) is 0 Å². The minimum Gasteiger partial charge on any atom is -0.475 e. The van der Waals surface area contributed by atoms with Gasteiger partial charge in [-0.1, -0.05) is 6.07 Å². The largest absolute Gasteiger partial charge is 0.475 e. The van der Waals surface area contributed by atoms with E-state index in [1.807, 2.05) is 31.0 Å². The summed E-state index contributed by atoms with van der Waals surface area (Å²) in [5, 5.41) is 18.8. The van der Waals surface area contributed by atoms with Crippen molar-refractivity contribution in [1.29, 1.82) is 0 Å². The van der Waals surface area contributed by atoms with E-state index in [1.54, 1.807) is 6.07 Å². The second kappa shape index (κ2) is 5.42. The number of furan rings is 1. The van der Waals surface area contributed by atoms with Crippen LogP contribution in [-0.2, 0) is 6.54 Å². The van der Waals surface area contributed by atoms with Gasteiger partial charge in [-0.3, -0.25) is 4.90 Å². The molecule has 0 fully saturated rings. The van der Waals surface area contributed by atoms with Crippen LogP contribution in [0.3, 0.4) is 0 Å². The first kappa shape index (κ1) is 13.6. The topological polar surface area (TPSA) is 73.9 Å². The maximum Gasteiger partial charge on any atom is 0.371 e. The molecule has 0 saturated carbocycles. The highest BCUT2D eigenvalue weighted by atomic mass is 16.4. The third-order valence-electron chi connectivity index (χ3n) is 3.24. The first-order valence-corrected chi connectivity index (χ1v) is 6.08. The summed E-state index contributed by atoms with van der Waals surface area (Å²) < 4.78 is 5.20. The normalized spacial score (nSPS) is 13.1. The number of hydrogen-bond acceptors (Lipinski definition) is 4. The van der Waals surface area contributed by atoms with Gasteiger partial charge in [-0.05, 0) is 37.7 Å². The Morgan fingerprint density at radius 3 is 2.79 bits per heavy atom. The molecule has 0 aliphatic heterocycles. The molecule has 0 aliphatic carbocycles. The zero-order valence-corrected chi connectivity index (χ0v) is 11.0. The predicted molar refractivity (Wildman–Crippen MR) is 71.2 cm³/mol. The summed E-state index contributed by atoms with van der Waals surface area (Å²) in [6.07, 6.45) is 0. The van der Waals surface area contributed by atoms with E-state index in [1.165, 1.54) is 6.07 Å². The van der Waals surface area contributed by atoms with Crippen LogP contribution in [0.4, 0.5) is 0 Å². The van der Waals surface area contributed by atoms with Crippen molar-refractivity contribution in [2.45, 2.75) is 19.5 Å². The summed E-state index contributed by atoms with van der Waals surface area (Å²) in [4.78, 5) is 12.9. The summed E-state index contributed by atoms with van der Waals surface area (Å²) in [6, 6.07) is 7.18. The summed E-state index contributed by atoms with van der Waals surface area (Å²) in [5.41, 5.74) is 1.62. The van der Waals surface area contributed by atoms with E-state index in [2.05, 4.69) is 0 Å². The Balaban J connectivity index is 2.23. The lowest BCUT2D eigenvalue weighted by Crippen LogP contribution is -2.31. The van der Waals surface area contributed by atoms with E-state index in [0.29, 0.717) is 12.1 Å². The fourth-order valence-corrected chi connectivity index (χ4v) is 1.88. The van der Waals surface area contributed by atoms with Gasteiger partial charge in [0.1, 0.15) is 5.58 Å². The van der Waals surface area contributed by atoms with Crippen LogP contribution in [0.25, 0.3) is 11.0 Å². The van der Waals surface area contributed by atoms with Crippen LogP contribution in [0.2, 0.25) is 0 Å². The molecule has 1 aromatic heterocycles. The third-order valence-corrected chi connectivity index (χ3v) is 3.24. The monoisotopic (exact) mass is 263 g/mol. The van der Waals surface area contributed by atoms with Crippen molar-refractivity contribution in [1.82, 2.24) is 4.90 Å². The Labute approximate surface area is 111 Å². The molecule has 2 rings (SSSR count). The number of carboxylic acids is 1. The van der Waals surface area contributed by atoms with Crippen molar-refractivity contribution in [2.24, 2.45) is 0 Å². The molecule has 5 heteroatoms. The third kappa shape index (κ3) is 2.94. The first-order valence-electron chi connectivity index (χ1n) is 6.08. The number of benzene rings is 1. The second-order valence-corrected chi connectivity index (χ2v) is 4.73. The van der Waals surface area contributed by atoms with Gasteiger partial charge in [0.05, 0.1) is 6.61 Å². The molecule has 0 bridgehead atoms. The summed E-state index contributed by atoms with van der Waals surface area (Å²) in [5.74, 6) is -1.12. The number of nitrogens with zero attached hydrogens (tertiary/aromatic N) is 1. The average molecular weight is 263 g/mol. The standard InChI is InChI=1S/C14H17NO4/c1-9(8-16)15(2)7-10-3-4-12-11(5-10)6-13(19-12)14(17)18/h3-6,9,16H,7-8H2,1-2H3,(H,17,18). The lowest BCUT2D eigenvalue weighted by Gasteiger charge is -2.22. The second-order valence-electron chi connectivity index (χ2n) is 4.73. The lowest BCUT2D eigenvalue weighted by atomic mass is 10.1. The molecule has 1 atom stereocenters. The Kier molecular flexibility index (Phi) is 3.87. The number of aliphatic hydroxyl groups excluding tert-OH is 1. The van der Waals surface area contributed by atoms with E-state index in [4.69, 9.17) is 14.6 Å². The van der Waals surface area contributed by atoms with E-state index in [0.717, 1.165) is 10.9 Å². The number of aliphatic hydroxyl groups is 1. The van der Waals surface area contributed by atoms with Gasteiger partial charge < -0.3 is 14.6 Å².